The first-order chi connectivity index (χ1) is 15.7. The molecule has 3 heterocycles. The van der Waals surface area contributed by atoms with Crippen LogP contribution in [0.5, 0.6) is 5.75 Å². The molecule has 32 heavy (non-hydrogen) atoms. The average Bonchev–Trinajstić information content (AvgIpc) is 2.83. The molecule has 2 aromatic heterocycles. The lowest BCUT2D eigenvalue weighted by molar-refractivity contribution is 0.122. The van der Waals surface area contributed by atoms with Crippen molar-refractivity contribution in [2.75, 3.05) is 31.2 Å². The molecule has 1 aliphatic carbocycles. The molecule has 1 saturated heterocycles. The van der Waals surface area contributed by atoms with Crippen LogP contribution in [0.2, 0.25) is 0 Å². The number of benzene rings is 1. The van der Waals surface area contributed by atoms with Gasteiger partial charge in [0.05, 0.1) is 24.8 Å². The molecule has 0 bridgehead atoms. The van der Waals surface area contributed by atoms with Gasteiger partial charge in [0.25, 0.3) is 5.56 Å². The lowest BCUT2D eigenvalue weighted by atomic mass is 9.83. The van der Waals surface area contributed by atoms with Crippen molar-refractivity contribution >= 4 is 16.7 Å². The fourth-order valence-corrected chi connectivity index (χ4v) is 4.81. The van der Waals surface area contributed by atoms with Crippen LogP contribution >= 0.6 is 0 Å². The van der Waals surface area contributed by atoms with Gasteiger partial charge in [0, 0.05) is 56.5 Å². The fraction of sp³-hybridized carbons (Fsp3) is 0.480. The number of aromatic nitrogens is 3. The van der Waals surface area contributed by atoms with Gasteiger partial charge in [-0.25, -0.2) is 4.98 Å². The number of morpholine rings is 1. The number of fused-ring (bicyclic) bond motifs is 1. The zero-order valence-corrected chi connectivity index (χ0v) is 18.6. The van der Waals surface area contributed by atoms with E-state index in [0.717, 1.165) is 86.4 Å². The maximum absolute atomic E-state index is 11.9. The second kappa shape index (κ2) is 9.28. The van der Waals surface area contributed by atoms with Crippen molar-refractivity contribution < 1.29 is 9.47 Å². The van der Waals surface area contributed by atoms with E-state index in [0.29, 0.717) is 5.92 Å². The number of nitrogens with zero attached hydrogens (tertiary/aromatic N) is 4. The molecular weight excluding hydrogens is 404 g/mol. The number of pyridine rings is 1. The summed E-state index contributed by atoms with van der Waals surface area (Å²) in [4.78, 5) is 23.3. The Morgan fingerprint density at radius 3 is 2.62 bits per heavy atom. The van der Waals surface area contributed by atoms with E-state index in [1.807, 2.05) is 6.20 Å². The van der Waals surface area contributed by atoms with E-state index in [4.69, 9.17) is 9.47 Å². The quantitative estimate of drug-likeness (QED) is 0.614. The molecule has 7 heteroatoms. The molecule has 7 nitrogen and oxygen atoms in total. The number of anilines is 1. The molecule has 0 atom stereocenters. The molecule has 3 aromatic rings. The van der Waals surface area contributed by atoms with Crippen LogP contribution in [-0.4, -0.2) is 46.9 Å². The van der Waals surface area contributed by atoms with E-state index in [9.17, 15) is 4.79 Å². The normalized spacial score (nSPS) is 21.6. The number of aryl methyl sites for hydroxylation is 1. The lowest BCUT2D eigenvalue weighted by Gasteiger charge is -2.31. The Hall–Kier alpha value is -2.93. The summed E-state index contributed by atoms with van der Waals surface area (Å²) in [6, 6.07) is 8.05. The highest BCUT2D eigenvalue weighted by atomic mass is 16.5. The van der Waals surface area contributed by atoms with Crippen molar-refractivity contribution in [1.29, 1.82) is 0 Å². The summed E-state index contributed by atoms with van der Waals surface area (Å²) in [6.45, 7) is 3.23. The van der Waals surface area contributed by atoms with Gasteiger partial charge < -0.3 is 18.9 Å². The van der Waals surface area contributed by atoms with Crippen molar-refractivity contribution in [1.82, 2.24) is 14.5 Å². The zero-order valence-electron chi connectivity index (χ0n) is 18.6. The number of ether oxygens (including phenoxy) is 2. The zero-order chi connectivity index (χ0) is 21.9. The van der Waals surface area contributed by atoms with Crippen molar-refractivity contribution in [3.63, 3.8) is 0 Å². The van der Waals surface area contributed by atoms with E-state index in [-0.39, 0.29) is 11.7 Å². The highest BCUT2D eigenvalue weighted by Gasteiger charge is 2.24. The second-order valence-electron chi connectivity index (χ2n) is 8.92. The van der Waals surface area contributed by atoms with Crippen LogP contribution in [0.1, 0.15) is 31.2 Å². The van der Waals surface area contributed by atoms with Crippen LogP contribution in [0.25, 0.3) is 11.0 Å². The Bertz CT molecular complexity index is 1130. The van der Waals surface area contributed by atoms with Gasteiger partial charge in [-0.05, 0) is 55.7 Å². The van der Waals surface area contributed by atoms with E-state index < -0.39 is 0 Å². The average molecular weight is 435 g/mol. The lowest BCUT2D eigenvalue weighted by Crippen LogP contribution is -2.36. The molecule has 1 aromatic carbocycles. The largest absolute Gasteiger partial charge is 0.488 e. The summed E-state index contributed by atoms with van der Waals surface area (Å²) < 4.78 is 13.6. The Labute approximate surface area is 188 Å². The molecule has 1 saturated carbocycles. The van der Waals surface area contributed by atoms with Crippen molar-refractivity contribution in [2.45, 2.75) is 38.2 Å². The fourth-order valence-electron chi connectivity index (χ4n) is 4.81. The first kappa shape index (κ1) is 20.9. The van der Waals surface area contributed by atoms with Crippen LogP contribution in [0.15, 0.2) is 47.7 Å². The molecule has 0 unspecified atom stereocenters. The summed E-state index contributed by atoms with van der Waals surface area (Å²) in [5, 5.41) is 0. The van der Waals surface area contributed by atoms with Crippen molar-refractivity contribution in [3.05, 3.63) is 58.8 Å². The maximum atomic E-state index is 11.9. The van der Waals surface area contributed by atoms with Crippen LogP contribution in [0.4, 0.5) is 5.69 Å². The predicted octanol–water partition coefficient (Wildman–Crippen LogP) is 3.35. The van der Waals surface area contributed by atoms with Gasteiger partial charge in [0.15, 0.2) is 0 Å². The first-order valence-electron chi connectivity index (χ1n) is 11.6. The Balaban J connectivity index is 1.27. The summed E-state index contributed by atoms with van der Waals surface area (Å²) >= 11 is 0. The summed E-state index contributed by atoms with van der Waals surface area (Å²) in [5.41, 5.74) is 4.01. The summed E-state index contributed by atoms with van der Waals surface area (Å²) in [5.74, 6) is 1.42. The Morgan fingerprint density at radius 1 is 1.06 bits per heavy atom. The Kier molecular flexibility index (Phi) is 6.08. The smallest absolute Gasteiger partial charge is 0.250 e. The SMILES string of the molecule is Cn1ccc(CC2CCC(Oc3cc(N4CCOCC4)cc4nccnc34)CC2)cc1=O. The van der Waals surface area contributed by atoms with Gasteiger partial charge in [-0.2, -0.15) is 0 Å². The standard InChI is InChI=1S/C25H30N4O3/c1-28-9-6-19(15-24(28)30)14-18-2-4-21(5-3-18)32-23-17-20(29-10-12-31-13-11-29)16-22-25(23)27-8-7-26-22/h6-9,15-18,21H,2-5,10-14H2,1H3. The monoisotopic (exact) mass is 434 g/mol. The van der Waals surface area contributed by atoms with Crippen molar-refractivity contribution in [2.24, 2.45) is 13.0 Å². The van der Waals surface area contributed by atoms with Crippen LogP contribution in [0, 0.1) is 5.92 Å². The van der Waals surface area contributed by atoms with Crippen molar-refractivity contribution in [3.8, 4) is 5.75 Å². The predicted molar refractivity (Wildman–Crippen MR) is 124 cm³/mol. The molecular formula is C25H30N4O3. The minimum absolute atomic E-state index is 0.0626. The van der Waals surface area contributed by atoms with E-state index >= 15 is 0 Å². The third-order valence-electron chi connectivity index (χ3n) is 6.68. The van der Waals surface area contributed by atoms with Gasteiger partial charge in [0.2, 0.25) is 0 Å². The van der Waals surface area contributed by atoms with Gasteiger partial charge in [-0.1, -0.05) is 0 Å². The maximum Gasteiger partial charge on any atom is 0.250 e. The third kappa shape index (κ3) is 4.63. The molecule has 2 aliphatic rings. The van der Waals surface area contributed by atoms with Crippen LogP contribution in [0.3, 0.4) is 0 Å². The van der Waals surface area contributed by atoms with E-state index in [2.05, 4.69) is 33.1 Å². The van der Waals surface area contributed by atoms with Gasteiger partial charge in [-0.3, -0.25) is 9.78 Å². The van der Waals surface area contributed by atoms with Gasteiger partial charge >= 0.3 is 0 Å². The van der Waals surface area contributed by atoms with Gasteiger partial charge in [-0.15, -0.1) is 0 Å². The summed E-state index contributed by atoms with van der Waals surface area (Å²) in [7, 11) is 1.79. The molecule has 0 N–H and O–H groups in total. The van der Waals surface area contributed by atoms with Crippen LogP contribution < -0.4 is 15.2 Å². The first-order valence-corrected chi connectivity index (χ1v) is 11.6. The number of rotatable bonds is 5. The minimum atomic E-state index is 0.0626. The molecule has 168 valence electrons. The molecule has 2 fully saturated rings. The van der Waals surface area contributed by atoms with E-state index in [1.54, 1.807) is 30.1 Å². The highest BCUT2D eigenvalue weighted by molar-refractivity contribution is 5.85. The van der Waals surface area contributed by atoms with Gasteiger partial charge in [0.1, 0.15) is 11.3 Å². The molecule has 0 amide bonds. The van der Waals surface area contributed by atoms with E-state index in [1.165, 1.54) is 0 Å². The molecule has 5 rings (SSSR count). The Morgan fingerprint density at radius 2 is 1.84 bits per heavy atom. The third-order valence-corrected chi connectivity index (χ3v) is 6.68. The number of hydrogen-bond donors (Lipinski definition) is 0. The topological polar surface area (TPSA) is 69.5 Å². The highest BCUT2D eigenvalue weighted by Crippen LogP contribution is 2.34. The molecule has 1 aliphatic heterocycles. The molecule has 0 spiro atoms. The minimum Gasteiger partial charge on any atom is -0.488 e. The molecule has 0 radical (unpaired) electrons. The van der Waals surface area contributed by atoms with Crippen LogP contribution in [-0.2, 0) is 18.2 Å². The summed E-state index contributed by atoms with van der Waals surface area (Å²) in [6.07, 6.45) is 10.7. The number of hydrogen-bond acceptors (Lipinski definition) is 6. The second-order valence-corrected chi connectivity index (χ2v) is 8.92.